The minimum Gasteiger partial charge on any atom is -0.378 e. The Balaban J connectivity index is 1.83. The van der Waals surface area contributed by atoms with E-state index in [1.54, 1.807) is 0 Å². The monoisotopic (exact) mass is 278 g/mol. The summed E-state index contributed by atoms with van der Waals surface area (Å²) in [5.74, 6) is 0. The number of hydrogen-bond donors (Lipinski definition) is 0. The van der Waals surface area contributed by atoms with Crippen LogP contribution in [0, 0.1) is 0 Å². The normalized spacial score (nSPS) is 25.2. The average Bonchev–Trinajstić information content (AvgIpc) is 2.19. The van der Waals surface area contributed by atoms with Gasteiger partial charge < -0.3 is 9.47 Å². The zero-order valence-corrected chi connectivity index (χ0v) is 11.3. The zero-order chi connectivity index (χ0) is 10.9. The van der Waals surface area contributed by atoms with Crippen LogP contribution < -0.4 is 0 Å². The van der Waals surface area contributed by atoms with Gasteiger partial charge in [-0.25, -0.2) is 0 Å². The van der Waals surface area contributed by atoms with Crippen molar-refractivity contribution < 1.29 is 9.47 Å². The van der Waals surface area contributed by atoms with Gasteiger partial charge in [-0.2, -0.15) is 0 Å². The number of rotatable bonds is 9. The average molecular weight is 279 g/mol. The third-order valence-electron chi connectivity index (χ3n) is 2.78. The van der Waals surface area contributed by atoms with Crippen molar-refractivity contribution in [1.29, 1.82) is 0 Å². The van der Waals surface area contributed by atoms with E-state index in [1.807, 2.05) is 0 Å². The number of alkyl halides is 1. The lowest BCUT2D eigenvalue weighted by atomic mass is 9.92. The molecule has 1 aliphatic carbocycles. The molecule has 1 aliphatic rings. The van der Waals surface area contributed by atoms with Gasteiger partial charge in [-0.3, -0.25) is 0 Å². The summed E-state index contributed by atoms with van der Waals surface area (Å²) in [6.07, 6.45) is 7.97. The lowest BCUT2D eigenvalue weighted by Crippen LogP contribution is -2.37. The van der Waals surface area contributed by atoms with Crippen LogP contribution in [0.1, 0.15) is 45.4 Å². The topological polar surface area (TPSA) is 18.5 Å². The number of hydrogen-bond acceptors (Lipinski definition) is 2. The Kier molecular flexibility index (Phi) is 7.67. The number of halogens is 1. The molecular formula is C12H23BrO2. The highest BCUT2D eigenvalue weighted by Gasteiger charge is 2.30. The van der Waals surface area contributed by atoms with E-state index in [0.717, 1.165) is 31.4 Å². The van der Waals surface area contributed by atoms with Gasteiger partial charge >= 0.3 is 0 Å². The Bertz CT molecular complexity index is 147. The highest BCUT2D eigenvalue weighted by atomic mass is 79.9. The molecule has 0 saturated heterocycles. The van der Waals surface area contributed by atoms with Crippen molar-refractivity contribution in [1.82, 2.24) is 0 Å². The standard InChI is InChI=1S/C12H23BrO2/c1-2-3-7-14-11-9-12(10-11)15-8-5-4-6-13/h11-12H,2-10H2,1H3/t11-,12+. The van der Waals surface area contributed by atoms with Gasteiger partial charge in [-0.05, 0) is 32.1 Å². The summed E-state index contributed by atoms with van der Waals surface area (Å²) in [4.78, 5) is 0. The first kappa shape index (κ1) is 13.5. The molecule has 0 aromatic heterocycles. The minimum absolute atomic E-state index is 0.479. The summed E-state index contributed by atoms with van der Waals surface area (Å²) in [7, 11) is 0. The Hall–Kier alpha value is 0.400. The van der Waals surface area contributed by atoms with Gasteiger partial charge in [0.05, 0.1) is 12.2 Å². The first-order valence-electron chi connectivity index (χ1n) is 6.16. The molecule has 0 unspecified atom stereocenters. The quantitative estimate of drug-likeness (QED) is 0.475. The summed E-state index contributed by atoms with van der Waals surface area (Å²) in [5, 5.41) is 1.09. The second-order valence-electron chi connectivity index (χ2n) is 4.21. The highest BCUT2D eigenvalue weighted by molar-refractivity contribution is 9.09. The second-order valence-corrected chi connectivity index (χ2v) is 5.00. The summed E-state index contributed by atoms with van der Waals surface area (Å²) in [6, 6.07) is 0. The second kappa shape index (κ2) is 8.54. The van der Waals surface area contributed by atoms with Crippen molar-refractivity contribution in [3.63, 3.8) is 0 Å². The Morgan fingerprint density at radius 2 is 1.60 bits per heavy atom. The van der Waals surface area contributed by atoms with Gasteiger partial charge in [-0.15, -0.1) is 0 Å². The molecule has 0 amide bonds. The van der Waals surface area contributed by atoms with Crippen molar-refractivity contribution in [2.24, 2.45) is 0 Å². The van der Waals surface area contributed by atoms with Crippen LogP contribution in [-0.2, 0) is 9.47 Å². The van der Waals surface area contributed by atoms with Crippen LogP contribution in [0.25, 0.3) is 0 Å². The fourth-order valence-electron chi connectivity index (χ4n) is 1.63. The Morgan fingerprint density at radius 1 is 1.00 bits per heavy atom. The summed E-state index contributed by atoms with van der Waals surface area (Å²) >= 11 is 3.42. The largest absolute Gasteiger partial charge is 0.378 e. The maximum atomic E-state index is 5.72. The van der Waals surface area contributed by atoms with Crippen LogP contribution >= 0.6 is 15.9 Å². The molecule has 0 atom stereocenters. The molecule has 1 saturated carbocycles. The molecule has 0 aromatic rings. The van der Waals surface area contributed by atoms with Crippen molar-refractivity contribution in [2.75, 3.05) is 18.5 Å². The molecule has 90 valence electrons. The summed E-state index contributed by atoms with van der Waals surface area (Å²) in [5.41, 5.74) is 0. The molecule has 3 heteroatoms. The van der Waals surface area contributed by atoms with E-state index < -0.39 is 0 Å². The van der Waals surface area contributed by atoms with Gasteiger partial charge in [0.2, 0.25) is 0 Å². The Labute approximate surface area is 102 Å². The maximum absolute atomic E-state index is 5.72. The molecule has 0 aliphatic heterocycles. The van der Waals surface area contributed by atoms with Crippen LogP contribution in [0.2, 0.25) is 0 Å². The van der Waals surface area contributed by atoms with Crippen LogP contribution in [-0.4, -0.2) is 30.8 Å². The molecule has 15 heavy (non-hydrogen) atoms. The maximum Gasteiger partial charge on any atom is 0.0624 e. The number of unbranched alkanes of at least 4 members (excludes halogenated alkanes) is 2. The lowest BCUT2D eigenvalue weighted by Gasteiger charge is -2.34. The zero-order valence-electron chi connectivity index (χ0n) is 9.71. The lowest BCUT2D eigenvalue weighted by molar-refractivity contribution is -0.102. The van der Waals surface area contributed by atoms with E-state index in [2.05, 4.69) is 22.9 Å². The molecule has 1 fully saturated rings. The van der Waals surface area contributed by atoms with Gasteiger partial charge in [0.15, 0.2) is 0 Å². The minimum atomic E-state index is 0.479. The summed E-state index contributed by atoms with van der Waals surface area (Å²) < 4.78 is 11.4. The third kappa shape index (κ3) is 5.88. The SMILES string of the molecule is CCCCO[C@H]1C[C@@H](OCCCCBr)C1. The van der Waals surface area contributed by atoms with Crippen LogP contribution in [0.3, 0.4) is 0 Å². The van der Waals surface area contributed by atoms with E-state index in [-0.39, 0.29) is 0 Å². The highest BCUT2D eigenvalue weighted by Crippen LogP contribution is 2.26. The molecule has 0 radical (unpaired) electrons. The summed E-state index contributed by atoms with van der Waals surface area (Å²) in [6.45, 7) is 4.04. The van der Waals surface area contributed by atoms with Crippen molar-refractivity contribution in [3.8, 4) is 0 Å². The molecular weight excluding hydrogens is 256 g/mol. The van der Waals surface area contributed by atoms with E-state index in [9.17, 15) is 0 Å². The van der Waals surface area contributed by atoms with Crippen LogP contribution in [0.4, 0.5) is 0 Å². The molecule has 2 nitrogen and oxygen atoms in total. The van der Waals surface area contributed by atoms with E-state index in [0.29, 0.717) is 12.2 Å². The smallest absolute Gasteiger partial charge is 0.0624 e. The van der Waals surface area contributed by atoms with E-state index >= 15 is 0 Å². The molecule has 0 spiro atoms. The molecule has 0 N–H and O–H groups in total. The van der Waals surface area contributed by atoms with Gasteiger partial charge in [0, 0.05) is 18.5 Å². The molecule has 0 bridgehead atoms. The van der Waals surface area contributed by atoms with Crippen LogP contribution in [0.15, 0.2) is 0 Å². The first-order valence-corrected chi connectivity index (χ1v) is 7.28. The van der Waals surface area contributed by atoms with E-state index in [4.69, 9.17) is 9.47 Å². The molecule has 0 aromatic carbocycles. The fraction of sp³-hybridized carbons (Fsp3) is 1.00. The number of ether oxygens (including phenoxy) is 2. The van der Waals surface area contributed by atoms with E-state index in [1.165, 1.54) is 25.7 Å². The van der Waals surface area contributed by atoms with Crippen molar-refractivity contribution >= 4 is 15.9 Å². The predicted molar refractivity (Wildman–Crippen MR) is 66.7 cm³/mol. The Morgan fingerprint density at radius 3 is 2.13 bits per heavy atom. The molecule has 0 heterocycles. The van der Waals surface area contributed by atoms with Gasteiger partial charge in [0.25, 0.3) is 0 Å². The van der Waals surface area contributed by atoms with Gasteiger partial charge in [0.1, 0.15) is 0 Å². The van der Waals surface area contributed by atoms with Gasteiger partial charge in [-0.1, -0.05) is 29.3 Å². The molecule has 1 rings (SSSR count). The van der Waals surface area contributed by atoms with Crippen molar-refractivity contribution in [2.45, 2.75) is 57.7 Å². The van der Waals surface area contributed by atoms with Crippen molar-refractivity contribution in [3.05, 3.63) is 0 Å². The third-order valence-corrected chi connectivity index (χ3v) is 3.35. The predicted octanol–water partition coefficient (Wildman–Crippen LogP) is 3.53. The fourth-order valence-corrected chi connectivity index (χ4v) is 2.03. The van der Waals surface area contributed by atoms with Crippen LogP contribution in [0.5, 0.6) is 0 Å². The first-order chi connectivity index (χ1) is 7.36.